The van der Waals surface area contributed by atoms with Crippen molar-refractivity contribution in [2.45, 2.75) is 13.3 Å². The number of pyridine rings is 1. The molecule has 0 fully saturated rings. The van der Waals surface area contributed by atoms with Gasteiger partial charge in [-0.2, -0.15) is 0 Å². The summed E-state index contributed by atoms with van der Waals surface area (Å²) in [6.07, 6.45) is 5.43. The topological polar surface area (TPSA) is 69.7 Å². The van der Waals surface area contributed by atoms with E-state index in [2.05, 4.69) is 10.3 Å². The lowest BCUT2D eigenvalue weighted by molar-refractivity contribution is -0.111. The number of aromatic nitrogens is 1. The highest BCUT2D eigenvalue weighted by Gasteiger charge is 2.11. The van der Waals surface area contributed by atoms with Gasteiger partial charge < -0.3 is 19.5 Å². The van der Waals surface area contributed by atoms with E-state index in [1.54, 1.807) is 37.5 Å². The van der Waals surface area contributed by atoms with Gasteiger partial charge in [-0.05, 0) is 36.3 Å². The molecule has 0 saturated heterocycles. The molecule has 0 saturated carbocycles. The van der Waals surface area contributed by atoms with Crippen molar-refractivity contribution in [2.24, 2.45) is 0 Å². The number of halogens is 1. The number of carbonyl (C=O) groups excluding carboxylic acids is 1. The van der Waals surface area contributed by atoms with E-state index in [0.717, 1.165) is 12.0 Å². The zero-order valence-corrected chi connectivity index (χ0v) is 15.7. The molecule has 2 rings (SSSR count). The minimum Gasteiger partial charge on any atom is -0.493 e. The highest BCUT2D eigenvalue weighted by Crippen LogP contribution is 2.36. The van der Waals surface area contributed by atoms with Crippen LogP contribution in [0.5, 0.6) is 17.4 Å². The lowest BCUT2D eigenvalue weighted by Crippen LogP contribution is -2.08. The Bertz CT molecular complexity index is 776. The first-order valence-electron chi connectivity index (χ1n) is 8.06. The molecule has 0 spiro atoms. The fourth-order valence-electron chi connectivity index (χ4n) is 2.11. The zero-order chi connectivity index (χ0) is 18.9. The minimum absolute atomic E-state index is 0.293. The Morgan fingerprint density at radius 3 is 2.69 bits per heavy atom. The van der Waals surface area contributed by atoms with Crippen LogP contribution in [-0.4, -0.2) is 31.7 Å². The number of benzene rings is 1. The van der Waals surface area contributed by atoms with Gasteiger partial charge in [-0.1, -0.05) is 18.5 Å². The van der Waals surface area contributed by atoms with Crippen molar-refractivity contribution in [1.82, 2.24) is 4.98 Å². The predicted octanol–water partition coefficient (Wildman–Crippen LogP) is 4.19. The normalized spacial score (nSPS) is 10.6. The maximum absolute atomic E-state index is 12.0. The molecule has 0 aliphatic rings. The molecular formula is C19H21ClN2O4. The standard InChI is InChI=1S/C19H21ClN2O4/c1-4-9-26-19-15(20)10-13(11-16(19)24-2)5-7-17(23)22-14-6-8-18(25-3)21-12-14/h5-8,10-12H,4,9H2,1-3H3,(H,22,23)/b7-5+. The first-order valence-corrected chi connectivity index (χ1v) is 8.44. The molecule has 26 heavy (non-hydrogen) atoms. The SMILES string of the molecule is CCCOc1c(Cl)cc(/C=C/C(=O)Nc2ccc(OC)nc2)cc1OC. The van der Waals surface area contributed by atoms with Crippen LogP contribution in [0.1, 0.15) is 18.9 Å². The second-order valence-corrected chi connectivity index (χ2v) is 5.70. The van der Waals surface area contributed by atoms with Crippen LogP contribution in [0.3, 0.4) is 0 Å². The van der Waals surface area contributed by atoms with E-state index in [1.165, 1.54) is 19.4 Å². The van der Waals surface area contributed by atoms with Crippen LogP contribution >= 0.6 is 11.6 Å². The molecule has 1 amide bonds. The number of methoxy groups -OCH3 is 2. The number of amides is 1. The van der Waals surface area contributed by atoms with Crippen LogP contribution in [0, 0.1) is 0 Å². The van der Waals surface area contributed by atoms with Crippen LogP contribution < -0.4 is 19.5 Å². The molecule has 0 radical (unpaired) electrons. The molecule has 138 valence electrons. The third kappa shape index (κ3) is 5.39. The van der Waals surface area contributed by atoms with Gasteiger partial charge in [0, 0.05) is 12.1 Å². The number of rotatable bonds is 8. The molecule has 0 bridgehead atoms. The Balaban J connectivity index is 2.08. The molecule has 1 aromatic heterocycles. The van der Waals surface area contributed by atoms with Crippen molar-refractivity contribution in [3.63, 3.8) is 0 Å². The van der Waals surface area contributed by atoms with Crippen molar-refractivity contribution < 1.29 is 19.0 Å². The highest BCUT2D eigenvalue weighted by atomic mass is 35.5. The van der Waals surface area contributed by atoms with Gasteiger partial charge in [-0.3, -0.25) is 4.79 Å². The summed E-state index contributed by atoms with van der Waals surface area (Å²) in [7, 11) is 3.07. The first-order chi connectivity index (χ1) is 12.6. The lowest BCUT2D eigenvalue weighted by Gasteiger charge is -2.12. The van der Waals surface area contributed by atoms with Gasteiger partial charge in [0.25, 0.3) is 0 Å². The molecule has 0 atom stereocenters. The van der Waals surface area contributed by atoms with E-state index in [4.69, 9.17) is 25.8 Å². The quantitative estimate of drug-likeness (QED) is 0.699. The Morgan fingerprint density at radius 2 is 2.08 bits per heavy atom. The largest absolute Gasteiger partial charge is 0.493 e. The summed E-state index contributed by atoms with van der Waals surface area (Å²) in [4.78, 5) is 16.1. The van der Waals surface area contributed by atoms with Crippen LogP contribution in [0.15, 0.2) is 36.5 Å². The van der Waals surface area contributed by atoms with E-state index in [-0.39, 0.29) is 5.91 Å². The fraction of sp³-hybridized carbons (Fsp3) is 0.263. The molecule has 0 aliphatic carbocycles. The van der Waals surface area contributed by atoms with Gasteiger partial charge >= 0.3 is 0 Å². The molecule has 0 unspecified atom stereocenters. The van der Waals surface area contributed by atoms with Gasteiger partial charge in [0.05, 0.1) is 37.7 Å². The van der Waals surface area contributed by atoms with Crippen LogP contribution in [0.2, 0.25) is 5.02 Å². The summed E-state index contributed by atoms with van der Waals surface area (Å²) in [6.45, 7) is 2.55. The number of nitrogens with one attached hydrogen (secondary N) is 1. The molecule has 2 aromatic rings. The van der Waals surface area contributed by atoms with Gasteiger partial charge in [-0.25, -0.2) is 4.98 Å². The highest BCUT2D eigenvalue weighted by molar-refractivity contribution is 6.32. The fourth-order valence-corrected chi connectivity index (χ4v) is 2.38. The molecular weight excluding hydrogens is 356 g/mol. The monoisotopic (exact) mass is 376 g/mol. The van der Waals surface area contributed by atoms with Gasteiger partial charge in [0.2, 0.25) is 11.8 Å². The summed E-state index contributed by atoms with van der Waals surface area (Å²) in [5.41, 5.74) is 1.29. The van der Waals surface area contributed by atoms with Crippen molar-refractivity contribution in [3.05, 3.63) is 47.1 Å². The van der Waals surface area contributed by atoms with Crippen molar-refractivity contribution >= 4 is 29.3 Å². The molecule has 6 nitrogen and oxygen atoms in total. The molecule has 7 heteroatoms. The Hall–Kier alpha value is -2.73. The van der Waals surface area contributed by atoms with Crippen molar-refractivity contribution in [1.29, 1.82) is 0 Å². The maximum atomic E-state index is 12.0. The third-order valence-electron chi connectivity index (χ3n) is 3.34. The number of anilines is 1. The van der Waals surface area contributed by atoms with Crippen molar-refractivity contribution in [2.75, 3.05) is 26.1 Å². The average Bonchev–Trinajstić information content (AvgIpc) is 2.65. The smallest absolute Gasteiger partial charge is 0.248 e. The zero-order valence-electron chi connectivity index (χ0n) is 14.9. The second-order valence-electron chi connectivity index (χ2n) is 5.29. The Labute approximate surface area is 157 Å². The number of carbonyl (C=O) groups is 1. The average molecular weight is 377 g/mol. The number of hydrogen-bond acceptors (Lipinski definition) is 5. The predicted molar refractivity (Wildman–Crippen MR) is 102 cm³/mol. The van der Waals surface area contributed by atoms with E-state index in [9.17, 15) is 4.79 Å². The Morgan fingerprint density at radius 1 is 1.27 bits per heavy atom. The second kappa shape index (κ2) is 9.68. The van der Waals surface area contributed by atoms with E-state index < -0.39 is 0 Å². The summed E-state index contributed by atoms with van der Waals surface area (Å²) < 4.78 is 15.9. The van der Waals surface area contributed by atoms with Crippen LogP contribution in [-0.2, 0) is 4.79 Å². The number of nitrogens with zero attached hydrogens (tertiary/aromatic N) is 1. The first kappa shape index (κ1) is 19.6. The summed E-state index contributed by atoms with van der Waals surface area (Å²) in [5, 5.41) is 3.14. The maximum Gasteiger partial charge on any atom is 0.248 e. The summed E-state index contributed by atoms with van der Waals surface area (Å²) in [5.74, 6) is 1.20. The van der Waals surface area contributed by atoms with Crippen LogP contribution in [0.4, 0.5) is 5.69 Å². The van der Waals surface area contributed by atoms with E-state index in [1.807, 2.05) is 6.92 Å². The van der Waals surface area contributed by atoms with Gasteiger partial charge in [0.1, 0.15) is 0 Å². The third-order valence-corrected chi connectivity index (χ3v) is 3.62. The number of ether oxygens (including phenoxy) is 3. The van der Waals surface area contributed by atoms with Gasteiger partial charge in [-0.15, -0.1) is 0 Å². The van der Waals surface area contributed by atoms with E-state index in [0.29, 0.717) is 34.7 Å². The van der Waals surface area contributed by atoms with E-state index >= 15 is 0 Å². The summed E-state index contributed by atoms with van der Waals surface area (Å²) in [6, 6.07) is 6.85. The lowest BCUT2D eigenvalue weighted by atomic mass is 10.2. The minimum atomic E-state index is -0.293. The number of hydrogen-bond donors (Lipinski definition) is 1. The summed E-state index contributed by atoms with van der Waals surface area (Å²) >= 11 is 6.26. The Kier molecular flexibility index (Phi) is 7.29. The van der Waals surface area contributed by atoms with Gasteiger partial charge in [0.15, 0.2) is 11.5 Å². The molecule has 1 aromatic carbocycles. The molecule has 0 aliphatic heterocycles. The van der Waals surface area contributed by atoms with Crippen molar-refractivity contribution in [3.8, 4) is 17.4 Å². The molecule has 1 N–H and O–H groups in total. The van der Waals surface area contributed by atoms with Crippen LogP contribution in [0.25, 0.3) is 6.08 Å². The molecule has 1 heterocycles.